The van der Waals surface area contributed by atoms with E-state index >= 15 is 0 Å². The first-order valence-electron chi connectivity index (χ1n) is 18.1. The number of unbranched alkanes of at least 4 members (excludes halogenated alkanes) is 21. The zero-order chi connectivity index (χ0) is 32.2. The summed E-state index contributed by atoms with van der Waals surface area (Å²) in [7, 11) is 3.74. The molecule has 0 aliphatic rings. The quantitative estimate of drug-likeness (QED) is 0.0336. The molecule has 0 aliphatic carbocycles. The minimum atomic E-state index is -0.322. The van der Waals surface area contributed by atoms with E-state index in [-0.39, 0.29) is 38.2 Å². The van der Waals surface area contributed by atoms with Crippen LogP contribution in [0.1, 0.15) is 181 Å². The van der Waals surface area contributed by atoms with Crippen LogP contribution < -0.4 is 0 Å². The first-order valence-corrected chi connectivity index (χ1v) is 18.1. The molecule has 0 saturated carbocycles. The largest absolute Gasteiger partial charge is 0.446 e. The van der Waals surface area contributed by atoms with Gasteiger partial charge in [0.1, 0.15) is 0 Å². The fourth-order valence-electron chi connectivity index (χ4n) is 4.85. The van der Waals surface area contributed by atoms with Crippen molar-refractivity contribution in [2.75, 3.05) is 34.1 Å². The van der Waals surface area contributed by atoms with Crippen molar-refractivity contribution in [3.05, 3.63) is 0 Å². The molecule has 0 fully saturated rings. The van der Waals surface area contributed by atoms with Crippen LogP contribution in [-0.2, 0) is 23.9 Å². The van der Waals surface area contributed by atoms with Crippen molar-refractivity contribution in [1.82, 2.24) is 9.80 Å². The molecule has 0 saturated heterocycles. The number of hydrogen-bond donors (Lipinski definition) is 0. The topological polar surface area (TPSA) is 76.1 Å². The lowest BCUT2D eigenvalue weighted by molar-refractivity contribution is -0.159. The zero-order valence-corrected chi connectivity index (χ0v) is 29.3. The molecule has 0 atom stereocenters. The van der Waals surface area contributed by atoms with Gasteiger partial charge in [0, 0.05) is 19.4 Å². The molecule has 0 unspecified atom stereocenters. The molecule has 43 heavy (non-hydrogen) atoms. The summed E-state index contributed by atoms with van der Waals surface area (Å²) in [4.78, 5) is 37.5. The molecule has 1 amide bonds. The van der Waals surface area contributed by atoms with Gasteiger partial charge < -0.3 is 14.4 Å². The molecule has 0 heterocycles. The molecule has 0 N–H and O–H groups in total. The van der Waals surface area contributed by atoms with E-state index in [0.717, 1.165) is 19.3 Å². The van der Waals surface area contributed by atoms with Gasteiger partial charge in [0.2, 0.25) is 5.91 Å². The van der Waals surface area contributed by atoms with Crippen LogP contribution in [0.15, 0.2) is 0 Å². The summed E-state index contributed by atoms with van der Waals surface area (Å²) in [5.41, 5.74) is 0. The van der Waals surface area contributed by atoms with Gasteiger partial charge in [-0.15, -0.1) is 0 Å². The van der Waals surface area contributed by atoms with Crippen molar-refractivity contribution in [3.8, 4) is 0 Å². The number of hydrogen-bond acceptors (Lipinski definition) is 6. The summed E-state index contributed by atoms with van der Waals surface area (Å²) in [6, 6.07) is 0. The molecule has 0 bridgehead atoms. The summed E-state index contributed by atoms with van der Waals surface area (Å²) < 4.78 is 9.83. The number of rotatable bonds is 31. The molecule has 0 aromatic heterocycles. The summed E-state index contributed by atoms with van der Waals surface area (Å²) in [5, 5.41) is 0. The van der Waals surface area contributed by atoms with Crippen molar-refractivity contribution in [1.29, 1.82) is 0 Å². The minimum absolute atomic E-state index is 0.184. The van der Waals surface area contributed by atoms with Gasteiger partial charge in [0.15, 0.2) is 13.5 Å². The molecule has 0 aliphatic heterocycles. The molecular weight excluding hydrogens is 540 g/mol. The van der Waals surface area contributed by atoms with Crippen molar-refractivity contribution >= 4 is 18.3 Å². The first-order chi connectivity index (χ1) is 20.9. The van der Waals surface area contributed by atoms with Gasteiger partial charge in [0.05, 0.1) is 0 Å². The Bertz CT molecular complexity index is 588. The maximum absolute atomic E-state index is 12.1. The maximum Gasteiger partial charge on any atom is 0.307 e. The number of esters is 1. The van der Waals surface area contributed by atoms with Crippen LogP contribution in [0, 0.1) is 0 Å². The fourth-order valence-corrected chi connectivity index (χ4v) is 4.85. The van der Waals surface area contributed by atoms with Gasteiger partial charge >= 0.3 is 5.97 Å². The molecule has 0 radical (unpaired) electrons. The van der Waals surface area contributed by atoms with Gasteiger partial charge in [-0.2, -0.15) is 0 Å². The number of nitrogens with zero attached hydrogens (tertiary/aromatic N) is 2. The highest BCUT2D eigenvalue weighted by molar-refractivity contribution is 5.76. The van der Waals surface area contributed by atoms with Crippen LogP contribution in [0.3, 0.4) is 0 Å². The van der Waals surface area contributed by atoms with Crippen molar-refractivity contribution in [3.63, 3.8) is 0 Å². The van der Waals surface area contributed by atoms with Gasteiger partial charge in [-0.3, -0.25) is 19.3 Å². The predicted octanol–water partition coefficient (Wildman–Crippen LogP) is 9.81. The molecule has 7 heteroatoms. The van der Waals surface area contributed by atoms with Crippen LogP contribution >= 0.6 is 0 Å². The predicted molar refractivity (Wildman–Crippen MR) is 181 cm³/mol. The third kappa shape index (κ3) is 36.5. The van der Waals surface area contributed by atoms with Crippen molar-refractivity contribution in [2.24, 2.45) is 0 Å². The Labute approximate surface area is 267 Å². The summed E-state index contributed by atoms with van der Waals surface area (Å²) >= 11 is 0. The van der Waals surface area contributed by atoms with E-state index in [4.69, 9.17) is 4.74 Å². The van der Waals surface area contributed by atoms with E-state index in [1.54, 1.807) is 0 Å². The van der Waals surface area contributed by atoms with Crippen molar-refractivity contribution < 1.29 is 23.9 Å². The van der Waals surface area contributed by atoms with Crippen LogP contribution in [0.25, 0.3) is 0 Å². The standard InChI is InChI=1S/C22H42N2O5.C14H30/c1-4-5-6-7-8-9-10-11-12-13-14-15-22(27)29-19-24(18-28-20-25)21(26)16-17-23(2)3;1-3-5-7-9-11-13-14-12-10-8-6-4-2/h20H,4-19H2,1-3H3;3-14H2,1-2H3. The Morgan fingerprint density at radius 3 is 1.26 bits per heavy atom. The molecule has 0 rings (SSSR count). The highest BCUT2D eigenvalue weighted by atomic mass is 16.6. The molecule has 7 nitrogen and oxygen atoms in total. The van der Waals surface area contributed by atoms with Crippen LogP contribution in [0.5, 0.6) is 0 Å². The number of carbonyl (C=O) groups is 3. The number of amides is 1. The van der Waals surface area contributed by atoms with Crippen LogP contribution in [0.2, 0.25) is 0 Å². The van der Waals surface area contributed by atoms with Gasteiger partial charge in [-0.05, 0) is 20.5 Å². The smallest absolute Gasteiger partial charge is 0.307 e. The Kier molecular flexibility index (Phi) is 37.0. The normalized spacial score (nSPS) is 10.7. The summed E-state index contributed by atoms with van der Waals surface area (Å²) in [6.45, 7) is 7.27. The Morgan fingerprint density at radius 2 is 0.907 bits per heavy atom. The zero-order valence-electron chi connectivity index (χ0n) is 29.3. The second-order valence-corrected chi connectivity index (χ2v) is 12.3. The Hall–Kier alpha value is -1.63. The van der Waals surface area contributed by atoms with Gasteiger partial charge in [0.25, 0.3) is 6.47 Å². The average molecular weight is 613 g/mol. The lowest BCUT2D eigenvalue weighted by Crippen LogP contribution is -2.37. The number of ether oxygens (including phenoxy) is 2. The molecular formula is C36H72N2O5. The Morgan fingerprint density at radius 1 is 0.535 bits per heavy atom. The Balaban J connectivity index is 0. The molecule has 0 aromatic rings. The third-order valence-corrected chi connectivity index (χ3v) is 7.75. The lowest BCUT2D eigenvalue weighted by Gasteiger charge is -2.21. The highest BCUT2D eigenvalue weighted by Gasteiger charge is 2.16. The van der Waals surface area contributed by atoms with E-state index in [2.05, 4.69) is 25.5 Å². The second kappa shape index (κ2) is 36.6. The van der Waals surface area contributed by atoms with E-state index in [0.29, 0.717) is 13.0 Å². The lowest BCUT2D eigenvalue weighted by atomic mass is 10.1. The van der Waals surface area contributed by atoms with Crippen molar-refractivity contribution in [2.45, 2.75) is 181 Å². The highest BCUT2D eigenvalue weighted by Crippen LogP contribution is 2.13. The van der Waals surface area contributed by atoms with E-state index < -0.39 is 0 Å². The van der Waals surface area contributed by atoms with Gasteiger partial charge in [-0.1, -0.05) is 162 Å². The third-order valence-electron chi connectivity index (χ3n) is 7.75. The monoisotopic (exact) mass is 613 g/mol. The molecule has 0 aromatic carbocycles. The number of carbonyl (C=O) groups excluding carboxylic acids is 3. The van der Waals surface area contributed by atoms with Crippen LogP contribution in [0.4, 0.5) is 0 Å². The maximum atomic E-state index is 12.1. The minimum Gasteiger partial charge on any atom is -0.446 e. The summed E-state index contributed by atoms with van der Waals surface area (Å²) in [5.74, 6) is -0.541. The average Bonchev–Trinajstić information content (AvgIpc) is 3.00. The molecule has 256 valence electrons. The first kappa shape index (κ1) is 43.5. The fraction of sp³-hybridized carbons (Fsp3) is 0.917. The summed E-state index contributed by atoms with van der Waals surface area (Å²) in [6.07, 6.45) is 31.5. The molecule has 0 spiro atoms. The van der Waals surface area contributed by atoms with E-state index in [1.165, 1.54) is 133 Å². The van der Waals surface area contributed by atoms with E-state index in [9.17, 15) is 14.4 Å². The van der Waals surface area contributed by atoms with Gasteiger partial charge in [-0.25, -0.2) is 0 Å². The van der Waals surface area contributed by atoms with Crippen LogP contribution in [-0.4, -0.2) is 62.3 Å². The van der Waals surface area contributed by atoms with E-state index in [1.807, 2.05) is 19.0 Å². The SMILES string of the molecule is CCCCCCCCCCCCCC.CCCCCCCCCCCCCC(=O)OCN(COC=O)C(=O)CCN(C)C. The second-order valence-electron chi connectivity index (χ2n) is 12.3.